The van der Waals surface area contributed by atoms with E-state index >= 15 is 0 Å². The van der Waals surface area contributed by atoms with Gasteiger partial charge in [-0.05, 0) is 24.5 Å². The maximum Gasteiger partial charge on any atom is 0.0636 e. The van der Waals surface area contributed by atoms with Crippen molar-refractivity contribution in [3.8, 4) is 0 Å². The lowest BCUT2D eigenvalue weighted by Gasteiger charge is -2.27. The Morgan fingerprint density at radius 2 is 2.00 bits per heavy atom. The first-order valence-corrected chi connectivity index (χ1v) is 6.69. The summed E-state index contributed by atoms with van der Waals surface area (Å²) in [6.45, 7) is 0. The second kappa shape index (κ2) is 5.57. The van der Waals surface area contributed by atoms with Gasteiger partial charge in [-0.25, -0.2) is 0 Å². The highest BCUT2D eigenvalue weighted by Crippen LogP contribution is 2.31. The lowest BCUT2D eigenvalue weighted by molar-refractivity contribution is 0.136. The van der Waals surface area contributed by atoms with Crippen molar-refractivity contribution in [1.29, 1.82) is 0 Å². The fourth-order valence-corrected chi connectivity index (χ4v) is 2.76. The van der Waals surface area contributed by atoms with Crippen molar-refractivity contribution in [2.24, 2.45) is 5.92 Å². The van der Waals surface area contributed by atoms with E-state index in [-0.39, 0.29) is 6.10 Å². The predicted molar refractivity (Wildman–Crippen MR) is 65.1 cm³/mol. The van der Waals surface area contributed by atoms with Gasteiger partial charge in [0, 0.05) is 10.6 Å². The van der Waals surface area contributed by atoms with Crippen molar-refractivity contribution < 1.29 is 5.11 Å². The van der Waals surface area contributed by atoms with E-state index in [1.807, 2.05) is 18.2 Å². The summed E-state index contributed by atoms with van der Waals surface area (Å²) >= 11 is 1.76. The maximum absolute atomic E-state index is 9.83. The highest BCUT2D eigenvalue weighted by Gasteiger charge is 2.20. The van der Waals surface area contributed by atoms with Crippen molar-refractivity contribution in [2.45, 2.75) is 36.7 Å². The van der Waals surface area contributed by atoms with E-state index in [4.69, 9.17) is 0 Å². The first-order chi connectivity index (χ1) is 7.34. The van der Waals surface area contributed by atoms with Gasteiger partial charge in [-0.3, -0.25) is 0 Å². The Bertz CT molecular complexity index is 282. The third-order valence-corrected chi connectivity index (χ3v) is 4.17. The molecule has 1 unspecified atom stereocenters. The Hall–Kier alpha value is -0.470. The van der Waals surface area contributed by atoms with E-state index in [0.29, 0.717) is 0 Å². The fraction of sp³-hybridized carbons (Fsp3) is 0.538. The van der Waals surface area contributed by atoms with Gasteiger partial charge in [0.2, 0.25) is 0 Å². The smallest absolute Gasteiger partial charge is 0.0636 e. The number of hydrogen-bond acceptors (Lipinski definition) is 2. The molecule has 2 rings (SSSR count). The standard InChI is InChI=1S/C13H18OS/c14-12(9-11-5-4-6-11)10-15-13-7-2-1-3-8-13/h1-3,7-8,11-12,14H,4-6,9-10H2. The Morgan fingerprint density at radius 1 is 1.27 bits per heavy atom. The molecule has 1 saturated carbocycles. The van der Waals surface area contributed by atoms with Crippen LogP contribution >= 0.6 is 11.8 Å². The Labute approximate surface area is 95.9 Å². The van der Waals surface area contributed by atoms with Gasteiger partial charge in [-0.15, -0.1) is 11.8 Å². The summed E-state index contributed by atoms with van der Waals surface area (Å²) in [5.74, 6) is 1.64. The molecule has 1 atom stereocenters. The summed E-state index contributed by atoms with van der Waals surface area (Å²) in [5, 5.41) is 9.83. The zero-order valence-corrected chi connectivity index (χ0v) is 9.75. The highest BCUT2D eigenvalue weighted by atomic mass is 32.2. The van der Waals surface area contributed by atoms with Crippen LogP contribution in [0.15, 0.2) is 35.2 Å². The number of aliphatic hydroxyl groups is 1. The molecular formula is C13H18OS. The van der Waals surface area contributed by atoms with Gasteiger partial charge in [-0.2, -0.15) is 0 Å². The lowest BCUT2D eigenvalue weighted by Crippen LogP contribution is -2.20. The molecule has 0 aliphatic heterocycles. The molecule has 1 nitrogen and oxygen atoms in total. The summed E-state index contributed by atoms with van der Waals surface area (Å²) < 4.78 is 0. The number of aliphatic hydroxyl groups excluding tert-OH is 1. The Balaban J connectivity index is 1.68. The van der Waals surface area contributed by atoms with E-state index in [1.165, 1.54) is 24.2 Å². The van der Waals surface area contributed by atoms with Crippen LogP contribution < -0.4 is 0 Å². The first kappa shape index (κ1) is 11.0. The van der Waals surface area contributed by atoms with Gasteiger partial charge in [-0.1, -0.05) is 37.5 Å². The Kier molecular flexibility index (Phi) is 4.09. The van der Waals surface area contributed by atoms with Gasteiger partial charge in [0.05, 0.1) is 6.10 Å². The van der Waals surface area contributed by atoms with Gasteiger partial charge in [0.1, 0.15) is 0 Å². The summed E-state index contributed by atoms with van der Waals surface area (Å²) in [7, 11) is 0. The van der Waals surface area contributed by atoms with E-state index in [9.17, 15) is 5.11 Å². The van der Waals surface area contributed by atoms with Crippen molar-refractivity contribution in [2.75, 3.05) is 5.75 Å². The fourth-order valence-electron chi connectivity index (χ4n) is 1.89. The molecule has 1 fully saturated rings. The molecule has 1 aromatic carbocycles. The SMILES string of the molecule is OC(CSc1ccccc1)CC1CCC1. The van der Waals surface area contributed by atoms with E-state index in [1.54, 1.807) is 11.8 Å². The Morgan fingerprint density at radius 3 is 2.60 bits per heavy atom. The topological polar surface area (TPSA) is 20.2 Å². The van der Waals surface area contributed by atoms with Crippen LogP contribution in [-0.2, 0) is 0 Å². The van der Waals surface area contributed by atoms with Gasteiger partial charge in [0.15, 0.2) is 0 Å². The van der Waals surface area contributed by atoms with Crippen LogP contribution in [0.5, 0.6) is 0 Å². The molecule has 1 aliphatic rings. The molecule has 1 aromatic rings. The molecular weight excluding hydrogens is 204 g/mol. The van der Waals surface area contributed by atoms with E-state index in [0.717, 1.165) is 18.1 Å². The number of thioether (sulfide) groups is 1. The average Bonchev–Trinajstić information content (AvgIpc) is 2.22. The monoisotopic (exact) mass is 222 g/mol. The number of rotatable bonds is 5. The van der Waals surface area contributed by atoms with Crippen LogP contribution in [0.4, 0.5) is 0 Å². The highest BCUT2D eigenvalue weighted by molar-refractivity contribution is 7.99. The minimum Gasteiger partial charge on any atom is -0.392 e. The number of benzene rings is 1. The van der Waals surface area contributed by atoms with E-state index < -0.39 is 0 Å². The summed E-state index contributed by atoms with van der Waals surface area (Å²) in [4.78, 5) is 1.25. The van der Waals surface area contributed by atoms with Gasteiger partial charge in [0.25, 0.3) is 0 Å². The molecule has 82 valence electrons. The molecule has 2 heteroatoms. The third-order valence-electron chi connectivity index (χ3n) is 3.02. The molecule has 0 amide bonds. The van der Waals surface area contributed by atoms with Gasteiger partial charge < -0.3 is 5.11 Å². The summed E-state index contributed by atoms with van der Waals surface area (Å²) in [6.07, 6.45) is 4.89. The molecule has 0 spiro atoms. The van der Waals surface area contributed by atoms with Gasteiger partial charge >= 0.3 is 0 Å². The van der Waals surface area contributed by atoms with Crippen LogP contribution in [0.1, 0.15) is 25.7 Å². The molecule has 0 aromatic heterocycles. The zero-order valence-electron chi connectivity index (χ0n) is 8.93. The number of hydrogen-bond donors (Lipinski definition) is 1. The molecule has 1 N–H and O–H groups in total. The molecule has 0 saturated heterocycles. The minimum atomic E-state index is -0.125. The molecule has 0 radical (unpaired) electrons. The quantitative estimate of drug-likeness (QED) is 0.771. The van der Waals surface area contributed by atoms with Crippen molar-refractivity contribution in [3.63, 3.8) is 0 Å². The lowest BCUT2D eigenvalue weighted by atomic mass is 9.82. The third kappa shape index (κ3) is 3.54. The maximum atomic E-state index is 9.83. The second-order valence-electron chi connectivity index (χ2n) is 4.31. The van der Waals surface area contributed by atoms with E-state index in [2.05, 4.69) is 12.1 Å². The van der Waals surface area contributed by atoms with Crippen LogP contribution in [0.2, 0.25) is 0 Å². The normalized spacial score (nSPS) is 18.5. The van der Waals surface area contributed by atoms with Crippen molar-refractivity contribution >= 4 is 11.8 Å². The molecule has 1 aliphatic carbocycles. The largest absolute Gasteiger partial charge is 0.392 e. The minimum absolute atomic E-state index is 0.125. The van der Waals surface area contributed by atoms with Crippen LogP contribution in [0, 0.1) is 5.92 Å². The predicted octanol–water partition coefficient (Wildman–Crippen LogP) is 3.33. The second-order valence-corrected chi connectivity index (χ2v) is 5.40. The van der Waals surface area contributed by atoms with Crippen LogP contribution in [-0.4, -0.2) is 17.0 Å². The molecule has 15 heavy (non-hydrogen) atoms. The summed E-state index contributed by atoms with van der Waals surface area (Å²) in [6, 6.07) is 10.3. The van der Waals surface area contributed by atoms with Crippen LogP contribution in [0.25, 0.3) is 0 Å². The van der Waals surface area contributed by atoms with Crippen molar-refractivity contribution in [3.05, 3.63) is 30.3 Å². The zero-order chi connectivity index (χ0) is 10.5. The molecule has 0 heterocycles. The first-order valence-electron chi connectivity index (χ1n) is 5.70. The van der Waals surface area contributed by atoms with Crippen LogP contribution in [0.3, 0.4) is 0 Å². The van der Waals surface area contributed by atoms with Crippen molar-refractivity contribution in [1.82, 2.24) is 0 Å². The molecule has 0 bridgehead atoms. The average molecular weight is 222 g/mol. The summed E-state index contributed by atoms with van der Waals surface area (Å²) in [5.41, 5.74) is 0.